The smallest absolute Gasteiger partial charge is 0.257 e. The number of hydrazine groups is 1. The first-order chi connectivity index (χ1) is 10.0. The molecule has 1 saturated heterocycles. The molecule has 1 aliphatic rings. The van der Waals surface area contributed by atoms with E-state index in [1.54, 1.807) is 17.3 Å². The molecular formula is C13H23N5O2S. The van der Waals surface area contributed by atoms with Crippen molar-refractivity contribution in [3.8, 4) is 0 Å². The number of pyridine rings is 1. The summed E-state index contributed by atoms with van der Waals surface area (Å²) in [5.74, 6) is 0. The third kappa shape index (κ3) is 4.37. The van der Waals surface area contributed by atoms with E-state index in [1.165, 1.54) is 6.20 Å². The second-order valence-corrected chi connectivity index (χ2v) is 6.81. The summed E-state index contributed by atoms with van der Waals surface area (Å²) in [5.41, 5.74) is 0.591. The van der Waals surface area contributed by atoms with Gasteiger partial charge in [-0.05, 0) is 19.5 Å². The van der Waals surface area contributed by atoms with E-state index in [0.717, 1.165) is 26.1 Å². The number of aromatic nitrogens is 1. The van der Waals surface area contributed by atoms with Gasteiger partial charge in [0.25, 0.3) is 10.0 Å². The number of piperazine rings is 1. The summed E-state index contributed by atoms with van der Waals surface area (Å²) in [6, 6.07) is 1.69. The van der Waals surface area contributed by atoms with E-state index in [1.807, 2.05) is 14.0 Å². The van der Waals surface area contributed by atoms with Crippen molar-refractivity contribution in [2.45, 2.75) is 18.2 Å². The van der Waals surface area contributed by atoms with Crippen LogP contribution in [0.3, 0.4) is 0 Å². The molecule has 0 amide bonds. The maximum absolute atomic E-state index is 12.5. The van der Waals surface area contributed by atoms with E-state index in [4.69, 9.17) is 0 Å². The third-order valence-corrected chi connectivity index (χ3v) is 4.79. The molecule has 0 saturated carbocycles. The summed E-state index contributed by atoms with van der Waals surface area (Å²) in [6.45, 7) is 5.79. The molecule has 1 fully saturated rings. The van der Waals surface area contributed by atoms with E-state index >= 15 is 0 Å². The van der Waals surface area contributed by atoms with Crippen molar-refractivity contribution in [1.82, 2.24) is 19.7 Å². The average molecular weight is 313 g/mol. The molecule has 21 heavy (non-hydrogen) atoms. The standard InChI is InChI=1S/C13H23N5O2S/c1-3-5-15-12-4-6-14-11-13(12)21(19,20)16-18-9-7-17(2)8-10-18/h4,6,11,16H,3,5,7-10H2,1-2H3,(H,14,15). The molecule has 2 N–H and O–H groups in total. The molecule has 1 aromatic rings. The van der Waals surface area contributed by atoms with Crippen molar-refractivity contribution in [1.29, 1.82) is 0 Å². The van der Waals surface area contributed by atoms with Crippen molar-refractivity contribution >= 4 is 15.7 Å². The summed E-state index contributed by atoms with van der Waals surface area (Å²) in [7, 11) is -1.58. The van der Waals surface area contributed by atoms with E-state index in [0.29, 0.717) is 18.8 Å². The largest absolute Gasteiger partial charge is 0.384 e. The van der Waals surface area contributed by atoms with Crippen LogP contribution in [0.25, 0.3) is 0 Å². The minimum Gasteiger partial charge on any atom is -0.384 e. The van der Waals surface area contributed by atoms with Crippen molar-refractivity contribution in [3.63, 3.8) is 0 Å². The van der Waals surface area contributed by atoms with Crippen molar-refractivity contribution in [3.05, 3.63) is 18.5 Å². The second kappa shape index (κ2) is 7.17. The van der Waals surface area contributed by atoms with Crippen LogP contribution in [0.15, 0.2) is 23.4 Å². The third-order valence-electron chi connectivity index (χ3n) is 3.39. The Labute approximate surface area is 126 Å². The molecule has 0 unspecified atom stereocenters. The van der Waals surface area contributed by atoms with Crippen molar-refractivity contribution < 1.29 is 8.42 Å². The fourth-order valence-electron chi connectivity index (χ4n) is 2.12. The normalized spacial score (nSPS) is 17.8. The Balaban J connectivity index is 2.12. The molecule has 0 radical (unpaired) electrons. The van der Waals surface area contributed by atoms with Crippen LogP contribution in [0.4, 0.5) is 5.69 Å². The SMILES string of the molecule is CCCNc1ccncc1S(=O)(=O)NN1CCN(C)CC1. The number of nitrogens with one attached hydrogen (secondary N) is 2. The molecule has 0 aromatic carbocycles. The second-order valence-electron chi connectivity index (χ2n) is 5.18. The first-order valence-electron chi connectivity index (χ1n) is 7.17. The number of anilines is 1. The molecule has 1 aliphatic heterocycles. The summed E-state index contributed by atoms with van der Waals surface area (Å²) < 4.78 is 25.0. The Morgan fingerprint density at radius 1 is 1.29 bits per heavy atom. The summed E-state index contributed by atoms with van der Waals surface area (Å²) in [4.78, 5) is 8.95. The van der Waals surface area contributed by atoms with Crippen LogP contribution >= 0.6 is 0 Å². The van der Waals surface area contributed by atoms with Gasteiger partial charge in [-0.3, -0.25) is 4.98 Å². The van der Waals surface area contributed by atoms with Crippen LogP contribution in [0.1, 0.15) is 13.3 Å². The number of sulfonamides is 1. The van der Waals surface area contributed by atoms with E-state index in [9.17, 15) is 8.42 Å². The Morgan fingerprint density at radius 2 is 2.00 bits per heavy atom. The monoisotopic (exact) mass is 313 g/mol. The van der Waals surface area contributed by atoms with Crippen LogP contribution in [0, 0.1) is 0 Å². The Kier molecular flexibility index (Phi) is 5.51. The van der Waals surface area contributed by atoms with Crippen LogP contribution in [0.5, 0.6) is 0 Å². The molecule has 0 spiro atoms. The molecule has 0 aliphatic carbocycles. The first-order valence-corrected chi connectivity index (χ1v) is 8.65. The summed E-state index contributed by atoms with van der Waals surface area (Å²) in [6.07, 6.45) is 3.90. The lowest BCUT2D eigenvalue weighted by atomic mass is 10.4. The molecule has 1 aromatic heterocycles. The van der Waals surface area contributed by atoms with E-state index in [2.05, 4.69) is 20.0 Å². The van der Waals surface area contributed by atoms with Gasteiger partial charge in [-0.2, -0.15) is 0 Å². The summed E-state index contributed by atoms with van der Waals surface area (Å²) >= 11 is 0. The highest BCUT2D eigenvalue weighted by molar-refractivity contribution is 7.89. The minimum atomic E-state index is -3.61. The highest BCUT2D eigenvalue weighted by Gasteiger charge is 2.23. The van der Waals surface area contributed by atoms with Crippen LogP contribution in [-0.4, -0.2) is 63.1 Å². The number of likely N-dealkylation sites (N-methyl/N-ethyl adjacent to an activating group) is 1. The van der Waals surface area contributed by atoms with Gasteiger partial charge in [0, 0.05) is 45.1 Å². The topological polar surface area (TPSA) is 77.6 Å². The fraction of sp³-hybridized carbons (Fsp3) is 0.615. The van der Waals surface area contributed by atoms with Gasteiger partial charge in [-0.15, -0.1) is 4.83 Å². The van der Waals surface area contributed by atoms with Gasteiger partial charge in [0.2, 0.25) is 0 Å². The molecule has 2 rings (SSSR count). The molecule has 2 heterocycles. The lowest BCUT2D eigenvalue weighted by Crippen LogP contribution is -2.52. The number of hydrogen-bond donors (Lipinski definition) is 2. The Bertz CT molecular complexity index is 555. The fourth-order valence-corrected chi connectivity index (χ4v) is 3.37. The number of hydrogen-bond acceptors (Lipinski definition) is 6. The lowest BCUT2D eigenvalue weighted by Gasteiger charge is -2.32. The molecule has 0 atom stereocenters. The maximum Gasteiger partial charge on any atom is 0.257 e. The maximum atomic E-state index is 12.5. The van der Waals surface area contributed by atoms with Crippen LogP contribution < -0.4 is 10.1 Å². The minimum absolute atomic E-state index is 0.192. The Hall–Kier alpha value is -1.22. The van der Waals surface area contributed by atoms with Gasteiger partial charge in [-0.1, -0.05) is 6.92 Å². The van der Waals surface area contributed by atoms with Crippen molar-refractivity contribution in [2.24, 2.45) is 0 Å². The molecular weight excluding hydrogens is 290 g/mol. The highest BCUT2D eigenvalue weighted by atomic mass is 32.2. The lowest BCUT2D eigenvalue weighted by molar-refractivity contribution is 0.135. The zero-order chi connectivity index (χ0) is 15.3. The summed E-state index contributed by atoms with van der Waals surface area (Å²) in [5, 5.41) is 4.87. The molecule has 8 heteroatoms. The quantitative estimate of drug-likeness (QED) is 0.789. The predicted molar refractivity (Wildman–Crippen MR) is 82.4 cm³/mol. The first kappa shape index (κ1) is 16.2. The molecule has 7 nitrogen and oxygen atoms in total. The molecule has 0 bridgehead atoms. The van der Waals surface area contributed by atoms with Crippen LogP contribution in [0.2, 0.25) is 0 Å². The van der Waals surface area contributed by atoms with Gasteiger partial charge in [0.1, 0.15) is 4.90 Å². The highest BCUT2D eigenvalue weighted by Crippen LogP contribution is 2.19. The van der Waals surface area contributed by atoms with Gasteiger partial charge in [0.15, 0.2) is 0 Å². The van der Waals surface area contributed by atoms with Gasteiger partial charge >= 0.3 is 0 Å². The predicted octanol–water partition coefficient (Wildman–Crippen LogP) is 0.344. The zero-order valence-corrected chi connectivity index (χ0v) is 13.4. The zero-order valence-electron chi connectivity index (χ0n) is 12.5. The molecule has 118 valence electrons. The van der Waals surface area contributed by atoms with E-state index in [-0.39, 0.29) is 4.90 Å². The Morgan fingerprint density at radius 3 is 2.67 bits per heavy atom. The van der Waals surface area contributed by atoms with Gasteiger partial charge in [-0.25, -0.2) is 13.4 Å². The number of rotatable bonds is 6. The number of nitrogens with zero attached hydrogens (tertiary/aromatic N) is 3. The van der Waals surface area contributed by atoms with Crippen molar-refractivity contribution in [2.75, 3.05) is 45.1 Å². The average Bonchev–Trinajstić information content (AvgIpc) is 2.47. The van der Waals surface area contributed by atoms with E-state index < -0.39 is 10.0 Å². The van der Waals surface area contributed by atoms with Crippen LogP contribution in [-0.2, 0) is 10.0 Å². The van der Waals surface area contributed by atoms with Gasteiger partial charge < -0.3 is 10.2 Å². The van der Waals surface area contributed by atoms with Gasteiger partial charge in [0.05, 0.1) is 5.69 Å².